The molecular weight excluding hydrogens is 418 g/mol. The summed E-state index contributed by atoms with van der Waals surface area (Å²) < 4.78 is 10.8. The second kappa shape index (κ2) is 9.78. The van der Waals surface area contributed by atoms with Crippen molar-refractivity contribution < 1.29 is 33.8 Å². The number of nitrogens with one attached hydrogen (secondary N) is 1. The van der Waals surface area contributed by atoms with E-state index >= 15 is 0 Å². The van der Waals surface area contributed by atoms with E-state index in [9.17, 15) is 29.4 Å². The zero-order valence-corrected chi connectivity index (χ0v) is 17.0. The number of hydrogen-bond acceptors (Lipinski definition) is 8. The van der Waals surface area contributed by atoms with Gasteiger partial charge in [-0.05, 0) is 43.0 Å². The molecule has 9 nitrogen and oxygen atoms in total. The maximum absolute atomic E-state index is 12.3. The lowest BCUT2D eigenvalue weighted by Gasteiger charge is -2.22. The fourth-order valence-electron chi connectivity index (χ4n) is 3.13. The highest BCUT2D eigenvalue weighted by Crippen LogP contribution is 2.29. The number of carbonyl (C=O) groups is 3. The molecule has 0 aliphatic carbocycles. The minimum atomic E-state index is -1.62. The van der Waals surface area contributed by atoms with Gasteiger partial charge < -0.3 is 34.3 Å². The van der Waals surface area contributed by atoms with E-state index in [1.54, 1.807) is 12.1 Å². The van der Waals surface area contributed by atoms with Crippen molar-refractivity contribution in [3.05, 3.63) is 65.0 Å². The summed E-state index contributed by atoms with van der Waals surface area (Å²) in [5, 5.41) is 24.5. The molecule has 3 rings (SSSR count). The first kappa shape index (κ1) is 22.5. The monoisotopic (exact) mass is 437 g/mol. The Labute approximate surface area is 182 Å². The van der Waals surface area contributed by atoms with Gasteiger partial charge in [-0.25, -0.2) is 4.79 Å². The molecule has 1 heterocycles. The van der Waals surface area contributed by atoms with Crippen LogP contribution in [0.1, 0.15) is 19.8 Å². The SMILES string of the molecule is CC(Oc1ccc2c(-c3ccccc3)cc(=O)oc2c1)C(=O)NC(CCC(=O)[O-])C(=O)[O-]. The van der Waals surface area contributed by atoms with Crippen LogP contribution in [0.2, 0.25) is 0 Å². The lowest BCUT2D eigenvalue weighted by Crippen LogP contribution is -2.51. The zero-order chi connectivity index (χ0) is 23.3. The van der Waals surface area contributed by atoms with Crippen molar-refractivity contribution in [2.24, 2.45) is 0 Å². The third kappa shape index (κ3) is 5.51. The molecule has 0 spiro atoms. The summed E-state index contributed by atoms with van der Waals surface area (Å²) in [7, 11) is 0. The average Bonchev–Trinajstić information content (AvgIpc) is 2.75. The number of fused-ring (bicyclic) bond motifs is 1. The van der Waals surface area contributed by atoms with Crippen LogP contribution in [0.25, 0.3) is 22.1 Å². The van der Waals surface area contributed by atoms with Crippen molar-refractivity contribution in [1.82, 2.24) is 5.32 Å². The summed E-state index contributed by atoms with van der Waals surface area (Å²) in [6.07, 6.45) is -2.06. The molecule has 3 aromatic rings. The van der Waals surface area contributed by atoms with Gasteiger partial charge in [0.1, 0.15) is 11.3 Å². The standard InChI is InChI=1S/C23H21NO8/c1-13(22(28)24-18(23(29)30)9-10-20(25)26)31-15-7-8-16-17(14-5-3-2-4-6-14)12-21(27)32-19(16)11-15/h2-8,11-13,18H,9-10H2,1H3,(H,24,28)(H,25,26)(H,29,30)/p-2. The van der Waals surface area contributed by atoms with Crippen LogP contribution in [0.15, 0.2) is 63.8 Å². The minimum absolute atomic E-state index is 0.216. The molecule has 166 valence electrons. The molecule has 0 saturated carbocycles. The van der Waals surface area contributed by atoms with Gasteiger partial charge in [0.2, 0.25) is 0 Å². The molecule has 2 aromatic carbocycles. The summed E-state index contributed by atoms with van der Waals surface area (Å²) in [5.41, 5.74) is 1.21. The van der Waals surface area contributed by atoms with Crippen LogP contribution >= 0.6 is 0 Å². The molecule has 0 aliphatic heterocycles. The highest BCUT2D eigenvalue weighted by Gasteiger charge is 2.20. The number of amides is 1. The number of benzene rings is 2. The van der Waals surface area contributed by atoms with E-state index in [-0.39, 0.29) is 17.8 Å². The minimum Gasteiger partial charge on any atom is -0.550 e. The molecule has 0 saturated heterocycles. The summed E-state index contributed by atoms with van der Waals surface area (Å²) >= 11 is 0. The fraction of sp³-hybridized carbons (Fsp3) is 0.217. The Morgan fingerprint density at radius 1 is 1.06 bits per heavy atom. The number of carbonyl (C=O) groups excluding carboxylic acids is 3. The van der Waals surface area contributed by atoms with E-state index in [2.05, 4.69) is 5.32 Å². The lowest BCUT2D eigenvalue weighted by atomic mass is 10.0. The number of carboxylic acids is 2. The third-order valence-corrected chi connectivity index (χ3v) is 4.72. The molecule has 0 aliphatic rings. The van der Waals surface area contributed by atoms with Gasteiger partial charge in [0.15, 0.2) is 6.10 Å². The van der Waals surface area contributed by atoms with Crippen molar-refractivity contribution in [3.63, 3.8) is 0 Å². The molecule has 1 aromatic heterocycles. The van der Waals surface area contributed by atoms with Gasteiger partial charge in [-0.3, -0.25) is 4.79 Å². The van der Waals surface area contributed by atoms with Gasteiger partial charge in [0, 0.05) is 23.5 Å². The van der Waals surface area contributed by atoms with E-state index in [1.165, 1.54) is 19.1 Å². The number of aliphatic carboxylic acids is 2. The quantitative estimate of drug-likeness (QED) is 0.460. The molecule has 0 bridgehead atoms. The Hall–Kier alpha value is -4.14. The van der Waals surface area contributed by atoms with E-state index < -0.39 is 42.0 Å². The molecular formula is C23H19NO8-2. The highest BCUT2D eigenvalue weighted by atomic mass is 16.5. The van der Waals surface area contributed by atoms with Crippen molar-refractivity contribution in [3.8, 4) is 16.9 Å². The first-order valence-corrected chi connectivity index (χ1v) is 9.75. The molecule has 2 atom stereocenters. The molecule has 2 unspecified atom stereocenters. The first-order valence-electron chi connectivity index (χ1n) is 9.75. The van der Waals surface area contributed by atoms with Crippen LogP contribution in [-0.4, -0.2) is 30.0 Å². The Kier molecular flexibility index (Phi) is 6.89. The highest BCUT2D eigenvalue weighted by molar-refractivity contribution is 5.94. The average molecular weight is 437 g/mol. The number of ether oxygens (including phenoxy) is 1. The van der Waals surface area contributed by atoms with Crippen LogP contribution in [0, 0.1) is 0 Å². The summed E-state index contributed by atoms with van der Waals surface area (Å²) in [6.45, 7) is 1.39. The van der Waals surface area contributed by atoms with Gasteiger partial charge in [-0.15, -0.1) is 0 Å². The van der Waals surface area contributed by atoms with Gasteiger partial charge in [-0.2, -0.15) is 0 Å². The summed E-state index contributed by atoms with van der Waals surface area (Å²) in [4.78, 5) is 46.0. The predicted molar refractivity (Wildman–Crippen MR) is 109 cm³/mol. The normalized spacial score (nSPS) is 12.7. The van der Waals surface area contributed by atoms with Crippen molar-refractivity contribution >= 4 is 28.8 Å². The second-order valence-corrected chi connectivity index (χ2v) is 7.05. The fourth-order valence-corrected chi connectivity index (χ4v) is 3.13. The molecule has 0 radical (unpaired) electrons. The predicted octanol–water partition coefficient (Wildman–Crippen LogP) is -0.00790. The largest absolute Gasteiger partial charge is 0.550 e. The van der Waals surface area contributed by atoms with E-state index in [0.717, 1.165) is 5.56 Å². The van der Waals surface area contributed by atoms with Crippen LogP contribution in [-0.2, 0) is 14.4 Å². The molecule has 32 heavy (non-hydrogen) atoms. The number of carboxylic acid groups (broad SMARTS) is 2. The smallest absolute Gasteiger partial charge is 0.336 e. The second-order valence-electron chi connectivity index (χ2n) is 7.05. The number of hydrogen-bond donors (Lipinski definition) is 1. The van der Waals surface area contributed by atoms with Crippen LogP contribution in [0.3, 0.4) is 0 Å². The maximum Gasteiger partial charge on any atom is 0.336 e. The molecule has 0 fully saturated rings. The molecule has 1 amide bonds. The Bertz CT molecular complexity index is 1200. The maximum atomic E-state index is 12.3. The molecule has 9 heteroatoms. The van der Waals surface area contributed by atoms with Gasteiger partial charge in [0.05, 0.1) is 12.0 Å². The van der Waals surface area contributed by atoms with E-state index in [1.807, 2.05) is 30.3 Å². The summed E-state index contributed by atoms with van der Waals surface area (Å²) in [6, 6.07) is 13.9. The van der Waals surface area contributed by atoms with Crippen LogP contribution in [0.4, 0.5) is 0 Å². The van der Waals surface area contributed by atoms with Crippen molar-refractivity contribution in [2.45, 2.75) is 31.9 Å². The lowest BCUT2D eigenvalue weighted by molar-refractivity contribution is -0.310. The first-order chi connectivity index (χ1) is 15.2. The topological polar surface area (TPSA) is 149 Å². The Balaban J connectivity index is 1.78. The van der Waals surface area contributed by atoms with Crippen LogP contribution in [0.5, 0.6) is 5.75 Å². The Morgan fingerprint density at radius 3 is 2.44 bits per heavy atom. The molecule has 1 N–H and O–H groups in total. The van der Waals surface area contributed by atoms with Crippen LogP contribution < -0.4 is 25.9 Å². The van der Waals surface area contributed by atoms with Crippen molar-refractivity contribution in [1.29, 1.82) is 0 Å². The van der Waals surface area contributed by atoms with Gasteiger partial charge in [0.25, 0.3) is 5.91 Å². The summed E-state index contributed by atoms with van der Waals surface area (Å²) in [5.74, 6) is -3.62. The Morgan fingerprint density at radius 2 is 1.78 bits per heavy atom. The zero-order valence-electron chi connectivity index (χ0n) is 17.0. The van der Waals surface area contributed by atoms with E-state index in [0.29, 0.717) is 10.9 Å². The van der Waals surface area contributed by atoms with E-state index in [4.69, 9.17) is 9.15 Å². The van der Waals surface area contributed by atoms with Crippen molar-refractivity contribution in [2.75, 3.05) is 0 Å². The third-order valence-electron chi connectivity index (χ3n) is 4.72. The van der Waals surface area contributed by atoms with Gasteiger partial charge in [-0.1, -0.05) is 30.3 Å². The number of rotatable bonds is 9. The van der Waals surface area contributed by atoms with Gasteiger partial charge >= 0.3 is 5.63 Å².